The van der Waals surface area contributed by atoms with Gasteiger partial charge in [-0.1, -0.05) is 41.5 Å². The van der Waals surface area contributed by atoms with E-state index < -0.39 is 36.1 Å². The van der Waals surface area contributed by atoms with E-state index in [1.807, 2.05) is 0 Å². The van der Waals surface area contributed by atoms with Crippen molar-refractivity contribution >= 4 is 5.97 Å². The lowest BCUT2D eigenvalue weighted by Gasteiger charge is -2.63. The van der Waals surface area contributed by atoms with Gasteiger partial charge >= 0.3 is 5.97 Å². The zero-order chi connectivity index (χ0) is 28.7. The van der Waals surface area contributed by atoms with Crippen molar-refractivity contribution in [1.29, 1.82) is 0 Å². The number of aliphatic hydroxyl groups is 2. The van der Waals surface area contributed by atoms with Crippen LogP contribution in [-0.4, -0.2) is 46.3 Å². The average molecular weight is 547 g/mol. The third-order valence-corrected chi connectivity index (χ3v) is 14.1. The standard InChI is InChI=1S/C33H51FO5/c1-17-16-20(27(29(6,7)37)38-19(3)35)39-25-24(17)30(8)14-15-33-18(2)32(33)13-12-23(34)28(4,5)21(32)10-11-22(33)31(30,9)26(25)36/h17-18,20-23,26-27,36-37H,10-16H2,1-9H3. The summed E-state index contributed by atoms with van der Waals surface area (Å²) in [4.78, 5) is 12.0. The zero-order valence-electron chi connectivity index (χ0n) is 25.6. The van der Waals surface area contributed by atoms with Gasteiger partial charge in [0, 0.05) is 17.8 Å². The van der Waals surface area contributed by atoms with Crippen LogP contribution in [0, 0.1) is 50.7 Å². The molecule has 12 unspecified atom stereocenters. The molecule has 0 aromatic rings. The van der Waals surface area contributed by atoms with Crippen molar-refractivity contribution in [3.05, 3.63) is 11.3 Å². The summed E-state index contributed by atoms with van der Waals surface area (Å²) in [5.74, 6) is 1.63. The third-order valence-electron chi connectivity index (χ3n) is 14.1. The van der Waals surface area contributed by atoms with E-state index in [-0.39, 0.29) is 33.0 Å². The fourth-order valence-electron chi connectivity index (χ4n) is 12.4. The highest BCUT2D eigenvalue weighted by molar-refractivity contribution is 5.66. The molecule has 2 N–H and O–H groups in total. The summed E-state index contributed by atoms with van der Waals surface area (Å²) in [5, 5.41) is 23.2. The van der Waals surface area contributed by atoms with Crippen molar-refractivity contribution in [2.24, 2.45) is 50.7 Å². The predicted octanol–water partition coefficient (Wildman–Crippen LogP) is 6.36. The Labute approximate surface area is 234 Å². The number of allylic oxidation sites excluding steroid dienone is 1. The van der Waals surface area contributed by atoms with Crippen LogP contribution in [0.25, 0.3) is 0 Å². The van der Waals surface area contributed by atoms with Crippen molar-refractivity contribution in [3.8, 4) is 0 Å². The molecule has 6 rings (SSSR count). The van der Waals surface area contributed by atoms with E-state index in [1.54, 1.807) is 13.8 Å². The van der Waals surface area contributed by atoms with Gasteiger partial charge in [0.1, 0.15) is 24.1 Å². The van der Waals surface area contributed by atoms with Gasteiger partial charge in [0.15, 0.2) is 6.10 Å². The van der Waals surface area contributed by atoms with Gasteiger partial charge in [-0.2, -0.15) is 0 Å². The second kappa shape index (κ2) is 8.02. The van der Waals surface area contributed by atoms with Gasteiger partial charge in [-0.25, -0.2) is 4.39 Å². The lowest BCUT2D eigenvalue weighted by Crippen LogP contribution is -2.59. The molecule has 1 aliphatic heterocycles. The fourth-order valence-corrected chi connectivity index (χ4v) is 12.4. The molecule has 0 aromatic heterocycles. The van der Waals surface area contributed by atoms with Crippen LogP contribution in [0.2, 0.25) is 0 Å². The van der Waals surface area contributed by atoms with Crippen molar-refractivity contribution in [2.45, 2.75) is 137 Å². The molecule has 220 valence electrons. The number of ether oxygens (including phenoxy) is 2. The average Bonchev–Trinajstić information content (AvgIpc) is 3.30. The van der Waals surface area contributed by atoms with Gasteiger partial charge < -0.3 is 19.7 Å². The van der Waals surface area contributed by atoms with Crippen molar-refractivity contribution in [3.63, 3.8) is 0 Å². The number of rotatable bonds is 3. The molecule has 0 amide bonds. The largest absolute Gasteiger partial charge is 0.488 e. The Kier molecular flexibility index (Phi) is 5.76. The van der Waals surface area contributed by atoms with Gasteiger partial charge in [0.2, 0.25) is 0 Å². The van der Waals surface area contributed by atoms with Crippen LogP contribution in [0.3, 0.4) is 0 Å². The maximum absolute atomic E-state index is 15.3. The molecular formula is C33H51FO5. The van der Waals surface area contributed by atoms with Crippen LogP contribution in [0.1, 0.15) is 107 Å². The SMILES string of the molecule is CC(=O)OC(C1CC(C)C2=C(O1)C(O)C1(C)C3CCC4C(C)(C)C(F)CCC45C(C)C35CCC21C)C(C)(C)O. The van der Waals surface area contributed by atoms with E-state index in [0.29, 0.717) is 36.4 Å². The first kappa shape index (κ1) is 28.0. The second-order valence-electron chi connectivity index (χ2n) is 16.1. The molecule has 12 atom stereocenters. The number of hydrogen-bond acceptors (Lipinski definition) is 5. The maximum atomic E-state index is 15.3. The van der Waals surface area contributed by atoms with Crippen LogP contribution in [0.5, 0.6) is 0 Å². The van der Waals surface area contributed by atoms with Crippen LogP contribution in [0.15, 0.2) is 11.3 Å². The molecule has 0 radical (unpaired) electrons. The highest BCUT2D eigenvalue weighted by Crippen LogP contribution is 2.91. The van der Waals surface area contributed by atoms with E-state index in [9.17, 15) is 15.0 Å². The Balaban J connectivity index is 1.38. The van der Waals surface area contributed by atoms with Gasteiger partial charge in [-0.3, -0.25) is 4.79 Å². The minimum atomic E-state index is -1.28. The van der Waals surface area contributed by atoms with Crippen LogP contribution < -0.4 is 0 Å². The molecule has 39 heavy (non-hydrogen) atoms. The highest BCUT2D eigenvalue weighted by atomic mass is 19.1. The van der Waals surface area contributed by atoms with E-state index in [4.69, 9.17) is 9.47 Å². The molecule has 0 saturated heterocycles. The summed E-state index contributed by atoms with van der Waals surface area (Å²) in [5.41, 5.74) is -0.612. The van der Waals surface area contributed by atoms with Gasteiger partial charge in [0.05, 0.1) is 5.60 Å². The molecule has 2 spiro atoms. The first-order chi connectivity index (χ1) is 17.9. The Morgan fingerprint density at radius 1 is 1.05 bits per heavy atom. The third kappa shape index (κ3) is 3.07. The minimum absolute atomic E-state index is 0.137. The molecule has 5 aliphatic carbocycles. The molecule has 6 heteroatoms. The number of aliphatic hydroxyl groups excluding tert-OH is 1. The number of carbonyl (C=O) groups excluding carboxylic acids is 1. The van der Waals surface area contributed by atoms with Crippen LogP contribution >= 0.6 is 0 Å². The summed E-state index contributed by atoms with van der Waals surface area (Å²) in [6.45, 7) is 18.3. The second-order valence-corrected chi connectivity index (χ2v) is 16.1. The smallest absolute Gasteiger partial charge is 0.303 e. The highest BCUT2D eigenvalue weighted by Gasteiger charge is 2.87. The Bertz CT molecular complexity index is 1110. The summed E-state index contributed by atoms with van der Waals surface area (Å²) < 4.78 is 27.5. The van der Waals surface area contributed by atoms with Crippen LogP contribution in [0.4, 0.5) is 4.39 Å². The maximum Gasteiger partial charge on any atom is 0.303 e. The summed E-state index contributed by atoms with van der Waals surface area (Å²) >= 11 is 0. The molecule has 6 aliphatic rings. The molecule has 0 aromatic carbocycles. The first-order valence-corrected chi connectivity index (χ1v) is 15.5. The monoisotopic (exact) mass is 546 g/mol. The lowest BCUT2D eigenvalue weighted by molar-refractivity contribution is -0.182. The molecule has 4 fully saturated rings. The van der Waals surface area contributed by atoms with Gasteiger partial charge in [-0.15, -0.1) is 0 Å². The Morgan fingerprint density at radius 3 is 2.28 bits per heavy atom. The minimum Gasteiger partial charge on any atom is -0.488 e. The topological polar surface area (TPSA) is 76.0 Å². The quantitative estimate of drug-likeness (QED) is 0.403. The normalized spacial score (nSPS) is 52.4. The van der Waals surface area contributed by atoms with Crippen LogP contribution in [-0.2, 0) is 14.3 Å². The van der Waals surface area contributed by atoms with Gasteiger partial charge in [-0.05, 0) is 104 Å². The summed E-state index contributed by atoms with van der Waals surface area (Å²) in [7, 11) is 0. The summed E-state index contributed by atoms with van der Waals surface area (Å²) in [6, 6.07) is 0. The number of hydrogen-bond donors (Lipinski definition) is 2. The number of halogens is 1. The van der Waals surface area contributed by atoms with Gasteiger partial charge in [0.25, 0.3) is 0 Å². The van der Waals surface area contributed by atoms with Crippen molar-refractivity contribution in [2.75, 3.05) is 0 Å². The van der Waals surface area contributed by atoms with E-state index in [0.717, 1.165) is 32.1 Å². The van der Waals surface area contributed by atoms with Crippen molar-refractivity contribution < 1.29 is 28.9 Å². The molecule has 0 bridgehead atoms. The first-order valence-electron chi connectivity index (χ1n) is 15.5. The van der Waals surface area contributed by atoms with E-state index in [2.05, 4.69) is 41.5 Å². The number of alkyl halides is 1. The summed E-state index contributed by atoms with van der Waals surface area (Å²) in [6.07, 6.45) is 3.60. The van der Waals surface area contributed by atoms with E-state index >= 15 is 4.39 Å². The number of fused-ring (bicyclic) bond motifs is 3. The lowest BCUT2D eigenvalue weighted by atomic mass is 9.41. The molecule has 5 nitrogen and oxygen atoms in total. The molecule has 4 saturated carbocycles. The van der Waals surface area contributed by atoms with Crippen molar-refractivity contribution in [1.82, 2.24) is 0 Å². The molecular weight excluding hydrogens is 495 g/mol. The number of carbonyl (C=O) groups is 1. The Hall–Kier alpha value is -1.14. The Morgan fingerprint density at radius 2 is 1.67 bits per heavy atom. The number of esters is 1. The fraction of sp³-hybridized carbons (Fsp3) is 0.909. The molecule has 1 heterocycles. The van der Waals surface area contributed by atoms with E-state index in [1.165, 1.54) is 12.5 Å². The zero-order valence-corrected chi connectivity index (χ0v) is 25.6. The predicted molar refractivity (Wildman–Crippen MR) is 147 cm³/mol.